The van der Waals surface area contributed by atoms with Gasteiger partial charge in [0.2, 0.25) is 6.79 Å². The molecule has 0 saturated carbocycles. The maximum atomic E-state index is 13.8. The monoisotopic (exact) mass is 292 g/mol. The number of hydrogen-bond acceptors (Lipinski definition) is 4. The normalized spacial score (nSPS) is 12.3. The molecule has 1 heterocycles. The molecule has 0 radical (unpaired) electrons. The standard InChI is InChI=1S/C14H10F2N2O3/c15-7-3-9(13(16)10(17)4-7)14(19)18-8-1-2-11-12(5-8)21-6-20-11/h1-5H,6,17H2,(H,18,19). The lowest BCUT2D eigenvalue weighted by molar-refractivity contribution is 0.102. The Kier molecular flexibility index (Phi) is 3.09. The van der Waals surface area contributed by atoms with Gasteiger partial charge in [-0.15, -0.1) is 0 Å². The van der Waals surface area contributed by atoms with E-state index in [0.29, 0.717) is 17.2 Å². The SMILES string of the molecule is Nc1cc(F)cc(C(=O)Nc2ccc3c(c2)OCO3)c1F. The molecule has 0 atom stereocenters. The Balaban J connectivity index is 1.87. The van der Waals surface area contributed by atoms with Gasteiger partial charge >= 0.3 is 0 Å². The van der Waals surface area contributed by atoms with Crippen LogP contribution in [0.15, 0.2) is 30.3 Å². The molecule has 0 bridgehead atoms. The molecule has 3 rings (SSSR count). The summed E-state index contributed by atoms with van der Waals surface area (Å²) in [5.74, 6) is -1.54. The molecule has 1 amide bonds. The van der Waals surface area contributed by atoms with Crippen molar-refractivity contribution in [2.45, 2.75) is 0 Å². The average Bonchev–Trinajstić information content (AvgIpc) is 2.90. The molecule has 0 unspecified atom stereocenters. The number of carbonyl (C=O) groups excluding carboxylic acids is 1. The Morgan fingerprint density at radius 2 is 1.90 bits per heavy atom. The van der Waals surface area contributed by atoms with E-state index in [0.717, 1.165) is 12.1 Å². The van der Waals surface area contributed by atoms with Gasteiger partial charge in [-0.05, 0) is 24.3 Å². The lowest BCUT2D eigenvalue weighted by atomic mass is 10.1. The summed E-state index contributed by atoms with van der Waals surface area (Å²) in [7, 11) is 0. The van der Waals surface area contributed by atoms with Gasteiger partial charge in [0, 0.05) is 11.8 Å². The van der Waals surface area contributed by atoms with E-state index < -0.39 is 28.8 Å². The van der Waals surface area contributed by atoms with Crippen molar-refractivity contribution >= 4 is 17.3 Å². The van der Waals surface area contributed by atoms with Gasteiger partial charge in [0.15, 0.2) is 17.3 Å². The molecule has 2 aromatic carbocycles. The van der Waals surface area contributed by atoms with E-state index in [1.54, 1.807) is 12.1 Å². The third-order valence-electron chi connectivity index (χ3n) is 2.94. The molecule has 108 valence electrons. The Hall–Kier alpha value is -2.83. The molecule has 0 aliphatic carbocycles. The van der Waals surface area contributed by atoms with Gasteiger partial charge in [0.25, 0.3) is 5.91 Å². The lowest BCUT2D eigenvalue weighted by Crippen LogP contribution is -2.15. The summed E-state index contributed by atoms with van der Waals surface area (Å²) in [6, 6.07) is 6.29. The first-order chi connectivity index (χ1) is 10.0. The van der Waals surface area contributed by atoms with Gasteiger partial charge in [-0.2, -0.15) is 0 Å². The van der Waals surface area contributed by atoms with Crippen LogP contribution in [0.4, 0.5) is 20.2 Å². The van der Waals surface area contributed by atoms with Crippen LogP contribution in [0.5, 0.6) is 11.5 Å². The van der Waals surface area contributed by atoms with Crippen molar-refractivity contribution in [3.63, 3.8) is 0 Å². The van der Waals surface area contributed by atoms with Gasteiger partial charge in [0.05, 0.1) is 11.3 Å². The Bertz CT molecular complexity index is 734. The first kappa shape index (κ1) is 13.2. The number of nitrogen functional groups attached to an aromatic ring is 1. The highest BCUT2D eigenvalue weighted by Crippen LogP contribution is 2.34. The number of benzene rings is 2. The molecule has 5 nitrogen and oxygen atoms in total. The highest BCUT2D eigenvalue weighted by Gasteiger charge is 2.18. The van der Waals surface area contributed by atoms with Crippen LogP contribution in [0.2, 0.25) is 0 Å². The fraction of sp³-hybridized carbons (Fsp3) is 0.0714. The van der Waals surface area contributed by atoms with Gasteiger partial charge < -0.3 is 20.5 Å². The molecule has 21 heavy (non-hydrogen) atoms. The van der Waals surface area contributed by atoms with Gasteiger partial charge in [-0.1, -0.05) is 0 Å². The van der Waals surface area contributed by atoms with E-state index in [-0.39, 0.29) is 6.79 Å². The van der Waals surface area contributed by atoms with Crippen molar-refractivity contribution in [1.29, 1.82) is 0 Å². The Labute approximate surface area is 118 Å². The maximum absolute atomic E-state index is 13.8. The number of anilines is 2. The van der Waals surface area contributed by atoms with Crippen LogP contribution in [-0.2, 0) is 0 Å². The van der Waals surface area contributed by atoms with Crippen LogP contribution in [0, 0.1) is 11.6 Å². The topological polar surface area (TPSA) is 73.6 Å². The number of ether oxygens (including phenoxy) is 2. The van der Waals surface area contributed by atoms with E-state index >= 15 is 0 Å². The fourth-order valence-electron chi connectivity index (χ4n) is 1.95. The number of nitrogens with one attached hydrogen (secondary N) is 1. The fourth-order valence-corrected chi connectivity index (χ4v) is 1.95. The number of halogens is 2. The second-order valence-corrected chi connectivity index (χ2v) is 4.38. The van der Waals surface area contributed by atoms with Gasteiger partial charge in [-0.25, -0.2) is 8.78 Å². The van der Waals surface area contributed by atoms with Crippen molar-refractivity contribution in [1.82, 2.24) is 0 Å². The van der Waals surface area contributed by atoms with E-state index in [4.69, 9.17) is 15.2 Å². The number of nitrogens with two attached hydrogens (primary N) is 1. The summed E-state index contributed by atoms with van der Waals surface area (Å²) in [6.45, 7) is 0.0990. The van der Waals surface area contributed by atoms with Crippen molar-refractivity contribution in [2.24, 2.45) is 0 Å². The predicted molar refractivity (Wildman–Crippen MR) is 71.3 cm³/mol. The summed E-state index contributed by atoms with van der Waals surface area (Å²) in [6.07, 6.45) is 0. The molecule has 7 heteroatoms. The molecule has 1 aliphatic heterocycles. The van der Waals surface area contributed by atoms with Crippen molar-refractivity contribution in [3.8, 4) is 11.5 Å². The highest BCUT2D eigenvalue weighted by atomic mass is 19.1. The van der Waals surface area contributed by atoms with E-state index in [1.807, 2.05) is 0 Å². The van der Waals surface area contributed by atoms with E-state index in [2.05, 4.69) is 5.32 Å². The molecule has 1 aliphatic rings. The van der Waals surface area contributed by atoms with Crippen LogP contribution < -0.4 is 20.5 Å². The summed E-state index contributed by atoms with van der Waals surface area (Å²) < 4.78 is 37.3. The first-order valence-electron chi connectivity index (χ1n) is 6.00. The molecule has 3 N–H and O–H groups in total. The van der Waals surface area contributed by atoms with Crippen LogP contribution in [0.3, 0.4) is 0 Å². The first-order valence-corrected chi connectivity index (χ1v) is 6.00. The Morgan fingerprint density at radius 1 is 1.14 bits per heavy atom. The van der Waals surface area contributed by atoms with Crippen molar-refractivity contribution in [3.05, 3.63) is 47.5 Å². The number of amides is 1. The Morgan fingerprint density at radius 3 is 2.71 bits per heavy atom. The third-order valence-corrected chi connectivity index (χ3v) is 2.94. The number of rotatable bonds is 2. The molecule has 0 spiro atoms. The maximum Gasteiger partial charge on any atom is 0.258 e. The van der Waals surface area contributed by atoms with Gasteiger partial charge in [0.1, 0.15) is 5.82 Å². The molecule has 0 aromatic heterocycles. The number of fused-ring (bicyclic) bond motifs is 1. The second-order valence-electron chi connectivity index (χ2n) is 4.38. The number of hydrogen-bond donors (Lipinski definition) is 2. The minimum Gasteiger partial charge on any atom is -0.454 e. The van der Waals surface area contributed by atoms with E-state index in [9.17, 15) is 13.6 Å². The number of carbonyl (C=O) groups is 1. The smallest absolute Gasteiger partial charge is 0.258 e. The predicted octanol–water partition coefficient (Wildman–Crippen LogP) is 2.53. The lowest BCUT2D eigenvalue weighted by Gasteiger charge is -2.08. The summed E-state index contributed by atoms with van der Waals surface area (Å²) in [5.41, 5.74) is 4.77. The average molecular weight is 292 g/mol. The second kappa shape index (κ2) is 4.93. The minimum atomic E-state index is -0.963. The van der Waals surface area contributed by atoms with Crippen LogP contribution in [0.25, 0.3) is 0 Å². The molecule has 2 aromatic rings. The molecule has 0 saturated heterocycles. The minimum absolute atomic E-state index is 0.0990. The van der Waals surface area contributed by atoms with Crippen LogP contribution >= 0.6 is 0 Å². The van der Waals surface area contributed by atoms with Crippen molar-refractivity contribution in [2.75, 3.05) is 17.8 Å². The van der Waals surface area contributed by atoms with Crippen molar-refractivity contribution < 1.29 is 23.0 Å². The van der Waals surface area contributed by atoms with E-state index in [1.165, 1.54) is 6.07 Å². The zero-order valence-electron chi connectivity index (χ0n) is 10.7. The molecule has 0 fully saturated rings. The zero-order chi connectivity index (χ0) is 15.0. The summed E-state index contributed by atoms with van der Waals surface area (Å²) in [4.78, 5) is 12.0. The molecular formula is C14H10F2N2O3. The summed E-state index contributed by atoms with van der Waals surface area (Å²) >= 11 is 0. The van der Waals surface area contributed by atoms with Gasteiger partial charge in [-0.3, -0.25) is 4.79 Å². The third kappa shape index (κ3) is 2.45. The van der Waals surface area contributed by atoms with Crippen LogP contribution in [-0.4, -0.2) is 12.7 Å². The highest BCUT2D eigenvalue weighted by molar-refractivity contribution is 6.05. The summed E-state index contributed by atoms with van der Waals surface area (Å²) in [5, 5.41) is 2.45. The molecular weight excluding hydrogens is 282 g/mol. The largest absolute Gasteiger partial charge is 0.454 e. The zero-order valence-corrected chi connectivity index (χ0v) is 10.7. The quantitative estimate of drug-likeness (QED) is 0.834. The van der Waals surface area contributed by atoms with Crippen LogP contribution in [0.1, 0.15) is 10.4 Å².